The van der Waals surface area contributed by atoms with E-state index in [1.54, 1.807) is 36.4 Å². The second kappa shape index (κ2) is 9.28. The van der Waals surface area contributed by atoms with Crippen LogP contribution in [0.3, 0.4) is 0 Å². The average molecular weight is 432 g/mol. The van der Waals surface area contributed by atoms with Crippen LogP contribution in [0.4, 0.5) is 17.6 Å². The number of rotatable bonds is 4. The summed E-state index contributed by atoms with van der Waals surface area (Å²) in [6.07, 6.45) is 1.77. The zero-order valence-corrected chi connectivity index (χ0v) is 17.5. The monoisotopic (exact) mass is 432 g/mol. The molecule has 0 spiro atoms. The fourth-order valence-electron chi connectivity index (χ4n) is 3.59. The lowest BCUT2D eigenvalue weighted by atomic mass is 10.0. The first-order valence-electron chi connectivity index (χ1n) is 10.4. The molecule has 4 rings (SSSR count). The highest BCUT2D eigenvalue weighted by molar-refractivity contribution is 5.84. The summed E-state index contributed by atoms with van der Waals surface area (Å²) in [6.45, 7) is 1.97. The topological polar surface area (TPSA) is 0 Å². The first kappa shape index (κ1) is 21.6. The van der Waals surface area contributed by atoms with Gasteiger partial charge in [-0.05, 0) is 77.7 Å². The van der Waals surface area contributed by atoms with E-state index in [1.807, 2.05) is 13.0 Å². The van der Waals surface area contributed by atoms with Gasteiger partial charge in [0.15, 0.2) is 11.6 Å². The maximum Gasteiger partial charge on any atom is 0.166 e. The van der Waals surface area contributed by atoms with Crippen molar-refractivity contribution < 1.29 is 17.6 Å². The Hall–Kier alpha value is -3.58. The highest BCUT2D eigenvalue weighted by Crippen LogP contribution is 2.22. The molecule has 0 saturated carbocycles. The Kier molecular flexibility index (Phi) is 6.28. The van der Waals surface area contributed by atoms with Crippen molar-refractivity contribution in [1.82, 2.24) is 0 Å². The second-order valence-corrected chi connectivity index (χ2v) is 7.64. The molecule has 0 radical (unpaired) electrons. The predicted octanol–water partition coefficient (Wildman–Crippen LogP) is 7.14. The maximum atomic E-state index is 14.5. The number of hydrogen-bond donors (Lipinski definition) is 0. The summed E-state index contributed by atoms with van der Waals surface area (Å²) in [6, 6.07) is 17.3. The summed E-state index contributed by atoms with van der Waals surface area (Å²) in [5.41, 5.74) is 3.12. The van der Waals surface area contributed by atoms with Gasteiger partial charge < -0.3 is 0 Å². The summed E-state index contributed by atoms with van der Waals surface area (Å²) in [5, 5.41) is 0.692. The van der Waals surface area contributed by atoms with E-state index < -0.39 is 17.5 Å². The lowest BCUT2D eigenvalue weighted by molar-refractivity contribution is 0.517. The Bertz CT molecular complexity index is 1360. The Morgan fingerprint density at radius 2 is 1.44 bits per heavy atom. The van der Waals surface area contributed by atoms with Gasteiger partial charge >= 0.3 is 0 Å². The van der Waals surface area contributed by atoms with Gasteiger partial charge in [0.1, 0.15) is 11.6 Å². The standard InChI is InChI=1S/C28H20F4/c1-2-18-3-8-21(26(30)16-18)10-5-20-6-11-22(27(31)17-20)9-4-19-7-13-24-23(15-19)12-14-25(29)28(24)32/h3,6-8,11-17H,2,5,10H2,1H3. The van der Waals surface area contributed by atoms with Crippen molar-refractivity contribution in [3.63, 3.8) is 0 Å². The van der Waals surface area contributed by atoms with E-state index in [0.29, 0.717) is 29.4 Å². The summed E-state index contributed by atoms with van der Waals surface area (Å²) in [5.74, 6) is 3.17. The molecule has 0 aromatic heterocycles. The Morgan fingerprint density at radius 1 is 0.656 bits per heavy atom. The quantitative estimate of drug-likeness (QED) is 0.237. The summed E-state index contributed by atoms with van der Waals surface area (Å²) < 4.78 is 55.8. The third-order valence-electron chi connectivity index (χ3n) is 5.49. The van der Waals surface area contributed by atoms with Crippen LogP contribution in [-0.4, -0.2) is 0 Å². The number of benzene rings is 4. The van der Waals surface area contributed by atoms with E-state index in [2.05, 4.69) is 11.8 Å². The minimum absolute atomic E-state index is 0.173. The van der Waals surface area contributed by atoms with Crippen molar-refractivity contribution in [3.8, 4) is 11.8 Å². The second-order valence-electron chi connectivity index (χ2n) is 7.64. The lowest BCUT2D eigenvalue weighted by Crippen LogP contribution is -1.97. The molecule has 0 saturated heterocycles. The molecule has 32 heavy (non-hydrogen) atoms. The fraction of sp³-hybridized carbons (Fsp3) is 0.143. The van der Waals surface area contributed by atoms with E-state index in [0.717, 1.165) is 23.6 Å². The minimum Gasteiger partial charge on any atom is -0.207 e. The maximum absolute atomic E-state index is 14.5. The highest BCUT2D eigenvalue weighted by Gasteiger charge is 2.08. The van der Waals surface area contributed by atoms with Gasteiger partial charge in [-0.15, -0.1) is 0 Å². The summed E-state index contributed by atoms with van der Waals surface area (Å²) >= 11 is 0. The molecule has 0 bridgehead atoms. The smallest absolute Gasteiger partial charge is 0.166 e. The van der Waals surface area contributed by atoms with Crippen LogP contribution < -0.4 is 0 Å². The SMILES string of the molecule is CCc1ccc(CCc2ccc(C#Cc3ccc4c(F)c(F)ccc4c3)c(F)c2)c(F)c1. The van der Waals surface area contributed by atoms with Crippen molar-refractivity contribution in [2.75, 3.05) is 0 Å². The van der Waals surface area contributed by atoms with E-state index in [-0.39, 0.29) is 16.8 Å². The molecule has 0 unspecified atom stereocenters. The van der Waals surface area contributed by atoms with Crippen LogP contribution in [0, 0.1) is 35.1 Å². The third kappa shape index (κ3) is 4.68. The van der Waals surface area contributed by atoms with Crippen molar-refractivity contribution in [3.05, 3.63) is 118 Å². The van der Waals surface area contributed by atoms with Crippen molar-refractivity contribution in [2.45, 2.75) is 26.2 Å². The largest absolute Gasteiger partial charge is 0.207 e. The fourth-order valence-corrected chi connectivity index (χ4v) is 3.59. The molecule has 4 aromatic rings. The number of hydrogen-bond acceptors (Lipinski definition) is 0. The van der Waals surface area contributed by atoms with Crippen molar-refractivity contribution >= 4 is 10.8 Å². The third-order valence-corrected chi connectivity index (χ3v) is 5.49. The minimum atomic E-state index is -0.904. The highest BCUT2D eigenvalue weighted by atomic mass is 19.2. The molecule has 0 heterocycles. The van der Waals surface area contributed by atoms with E-state index in [1.165, 1.54) is 18.2 Å². The molecule has 4 heteroatoms. The van der Waals surface area contributed by atoms with Crippen LogP contribution in [0.15, 0.2) is 66.7 Å². The molecule has 0 amide bonds. The van der Waals surface area contributed by atoms with Crippen LogP contribution in [0.2, 0.25) is 0 Å². The van der Waals surface area contributed by atoms with Crippen LogP contribution >= 0.6 is 0 Å². The Balaban J connectivity index is 1.49. The van der Waals surface area contributed by atoms with E-state index in [4.69, 9.17) is 0 Å². The van der Waals surface area contributed by atoms with Gasteiger partial charge in [-0.1, -0.05) is 49.1 Å². The zero-order chi connectivity index (χ0) is 22.7. The molecule has 0 fully saturated rings. The van der Waals surface area contributed by atoms with Gasteiger partial charge in [0.05, 0.1) is 5.56 Å². The Morgan fingerprint density at radius 3 is 2.19 bits per heavy atom. The Labute approximate surface area is 184 Å². The number of fused-ring (bicyclic) bond motifs is 1. The van der Waals surface area contributed by atoms with Gasteiger partial charge in [-0.3, -0.25) is 0 Å². The van der Waals surface area contributed by atoms with Gasteiger partial charge in [-0.25, -0.2) is 17.6 Å². The lowest BCUT2D eigenvalue weighted by Gasteiger charge is -2.06. The summed E-state index contributed by atoms with van der Waals surface area (Å²) in [7, 11) is 0. The molecule has 0 N–H and O–H groups in total. The van der Waals surface area contributed by atoms with Crippen LogP contribution in [-0.2, 0) is 19.3 Å². The van der Waals surface area contributed by atoms with Crippen LogP contribution in [0.25, 0.3) is 10.8 Å². The zero-order valence-electron chi connectivity index (χ0n) is 17.5. The average Bonchev–Trinajstić information content (AvgIpc) is 2.80. The molecule has 0 aliphatic rings. The predicted molar refractivity (Wildman–Crippen MR) is 119 cm³/mol. The number of aryl methyl sites for hydroxylation is 3. The van der Waals surface area contributed by atoms with Crippen molar-refractivity contribution in [2.24, 2.45) is 0 Å². The van der Waals surface area contributed by atoms with E-state index >= 15 is 0 Å². The normalized spacial score (nSPS) is 10.8. The molecule has 0 atom stereocenters. The van der Waals surface area contributed by atoms with Gasteiger partial charge in [0, 0.05) is 10.9 Å². The molecular formula is C28H20F4. The van der Waals surface area contributed by atoms with Crippen molar-refractivity contribution in [1.29, 1.82) is 0 Å². The van der Waals surface area contributed by atoms with Gasteiger partial charge in [0.2, 0.25) is 0 Å². The summed E-state index contributed by atoms with van der Waals surface area (Å²) in [4.78, 5) is 0. The molecule has 0 nitrogen and oxygen atoms in total. The van der Waals surface area contributed by atoms with Gasteiger partial charge in [-0.2, -0.15) is 0 Å². The molecule has 0 aliphatic carbocycles. The molecular weight excluding hydrogens is 412 g/mol. The van der Waals surface area contributed by atoms with Crippen LogP contribution in [0.5, 0.6) is 0 Å². The van der Waals surface area contributed by atoms with E-state index in [9.17, 15) is 17.6 Å². The first-order valence-corrected chi connectivity index (χ1v) is 10.4. The molecule has 160 valence electrons. The van der Waals surface area contributed by atoms with Crippen LogP contribution in [0.1, 0.15) is 34.7 Å². The van der Waals surface area contributed by atoms with Gasteiger partial charge in [0.25, 0.3) is 0 Å². The number of halogens is 4. The molecule has 0 aliphatic heterocycles. The first-order chi connectivity index (χ1) is 15.4. The molecule has 4 aromatic carbocycles.